The van der Waals surface area contributed by atoms with E-state index < -0.39 is 17.5 Å². The van der Waals surface area contributed by atoms with E-state index in [4.69, 9.17) is 14.2 Å². The number of rotatable bonds is 5. The first-order chi connectivity index (χ1) is 15.1. The summed E-state index contributed by atoms with van der Waals surface area (Å²) < 4.78 is 17.8. The molecule has 0 aromatic heterocycles. The number of ether oxygens (including phenoxy) is 3. The maximum atomic E-state index is 12.5. The van der Waals surface area contributed by atoms with Crippen LogP contribution >= 0.6 is 0 Å². The lowest BCUT2D eigenvalue weighted by Gasteiger charge is -2.37. The number of carboxylic acids is 1. The lowest BCUT2D eigenvalue weighted by atomic mass is 9.73. The van der Waals surface area contributed by atoms with Crippen LogP contribution < -0.4 is 14.2 Å². The Morgan fingerprint density at radius 1 is 0.968 bits per heavy atom. The van der Waals surface area contributed by atoms with E-state index in [9.17, 15) is 9.90 Å². The van der Waals surface area contributed by atoms with Crippen LogP contribution in [0.25, 0.3) is 0 Å². The summed E-state index contributed by atoms with van der Waals surface area (Å²) in [5.74, 6) is 0.318. The summed E-state index contributed by atoms with van der Waals surface area (Å²) in [5.41, 5.74) is 1.99. The third kappa shape index (κ3) is 2.80. The molecule has 1 fully saturated rings. The van der Waals surface area contributed by atoms with Crippen LogP contribution in [0.1, 0.15) is 34.9 Å². The maximum Gasteiger partial charge on any atom is 0.307 e. The highest BCUT2D eigenvalue weighted by molar-refractivity contribution is 5.74. The van der Waals surface area contributed by atoms with Gasteiger partial charge in [-0.15, -0.1) is 0 Å². The SMILES string of the molecule is COc1ccc(C23Oc4cccc(OC)c4C2CC(C(=O)O)C3c2ccccc2)cc1. The molecule has 158 valence electrons. The highest BCUT2D eigenvalue weighted by Crippen LogP contribution is 2.67. The molecule has 1 saturated carbocycles. The van der Waals surface area contributed by atoms with Crippen LogP contribution in [0.2, 0.25) is 0 Å². The van der Waals surface area contributed by atoms with Crippen molar-refractivity contribution in [3.05, 3.63) is 89.5 Å². The summed E-state index contributed by atoms with van der Waals surface area (Å²) in [6.45, 7) is 0. The first-order valence-corrected chi connectivity index (χ1v) is 10.4. The van der Waals surface area contributed by atoms with Crippen LogP contribution in [0.15, 0.2) is 72.8 Å². The molecule has 1 heterocycles. The van der Waals surface area contributed by atoms with Crippen molar-refractivity contribution in [2.45, 2.75) is 23.9 Å². The van der Waals surface area contributed by atoms with Gasteiger partial charge in [0.05, 0.1) is 20.1 Å². The summed E-state index contributed by atoms with van der Waals surface area (Å²) in [7, 11) is 3.27. The van der Waals surface area contributed by atoms with Crippen LogP contribution in [0.5, 0.6) is 17.2 Å². The fourth-order valence-electron chi connectivity index (χ4n) is 5.54. The summed E-state index contributed by atoms with van der Waals surface area (Å²) in [5, 5.41) is 10.2. The van der Waals surface area contributed by atoms with Crippen LogP contribution in [-0.2, 0) is 10.4 Å². The van der Waals surface area contributed by atoms with Crippen LogP contribution in [-0.4, -0.2) is 25.3 Å². The second-order valence-electron chi connectivity index (χ2n) is 8.12. The van der Waals surface area contributed by atoms with E-state index in [0.717, 1.165) is 33.9 Å². The molecule has 4 unspecified atom stereocenters. The van der Waals surface area contributed by atoms with Gasteiger partial charge in [0.15, 0.2) is 0 Å². The lowest BCUT2D eigenvalue weighted by Crippen LogP contribution is -2.39. The van der Waals surface area contributed by atoms with Crippen molar-refractivity contribution in [2.24, 2.45) is 5.92 Å². The average molecular weight is 416 g/mol. The van der Waals surface area contributed by atoms with Crippen molar-refractivity contribution in [2.75, 3.05) is 14.2 Å². The Morgan fingerprint density at radius 2 is 1.71 bits per heavy atom. The smallest absolute Gasteiger partial charge is 0.307 e. The third-order valence-corrected chi connectivity index (χ3v) is 6.76. The molecule has 1 aliphatic heterocycles. The molecule has 0 bridgehead atoms. The molecule has 3 aromatic carbocycles. The number of aliphatic carboxylic acids is 1. The van der Waals surface area contributed by atoms with Gasteiger partial charge < -0.3 is 19.3 Å². The summed E-state index contributed by atoms with van der Waals surface area (Å²) in [4.78, 5) is 12.5. The van der Waals surface area contributed by atoms with Gasteiger partial charge in [0, 0.05) is 17.4 Å². The van der Waals surface area contributed by atoms with Gasteiger partial charge in [-0.2, -0.15) is 0 Å². The number of hydrogen-bond donors (Lipinski definition) is 1. The van der Waals surface area contributed by atoms with Gasteiger partial charge in [0.1, 0.15) is 22.8 Å². The Bertz CT molecular complexity index is 1110. The number of benzene rings is 3. The molecule has 0 amide bonds. The minimum absolute atomic E-state index is 0.154. The van der Waals surface area contributed by atoms with E-state index >= 15 is 0 Å². The van der Waals surface area contributed by atoms with Crippen molar-refractivity contribution in [1.82, 2.24) is 0 Å². The Morgan fingerprint density at radius 3 is 2.35 bits per heavy atom. The Balaban J connectivity index is 1.77. The predicted molar refractivity (Wildman–Crippen MR) is 116 cm³/mol. The van der Waals surface area contributed by atoms with Crippen molar-refractivity contribution in [3.63, 3.8) is 0 Å². The van der Waals surface area contributed by atoms with E-state index in [2.05, 4.69) is 0 Å². The average Bonchev–Trinajstić information content (AvgIpc) is 3.31. The number of carbonyl (C=O) groups is 1. The molecule has 5 nitrogen and oxygen atoms in total. The van der Waals surface area contributed by atoms with Crippen LogP contribution in [0, 0.1) is 5.92 Å². The zero-order valence-corrected chi connectivity index (χ0v) is 17.4. The molecular formula is C26H24O5. The maximum absolute atomic E-state index is 12.5. The number of fused-ring (bicyclic) bond motifs is 3. The normalized spacial score (nSPS) is 25.9. The van der Waals surface area contributed by atoms with Crippen molar-refractivity contribution >= 4 is 5.97 Å². The van der Waals surface area contributed by atoms with E-state index in [1.54, 1.807) is 14.2 Å². The fourth-order valence-corrected chi connectivity index (χ4v) is 5.54. The van der Waals surface area contributed by atoms with Gasteiger partial charge in [0.25, 0.3) is 0 Å². The van der Waals surface area contributed by atoms with Gasteiger partial charge in [-0.3, -0.25) is 4.79 Å². The van der Waals surface area contributed by atoms with Crippen molar-refractivity contribution in [3.8, 4) is 17.2 Å². The minimum Gasteiger partial charge on any atom is -0.497 e. The molecule has 3 aromatic rings. The first-order valence-electron chi connectivity index (χ1n) is 10.4. The van der Waals surface area contributed by atoms with E-state index in [-0.39, 0.29) is 11.8 Å². The monoisotopic (exact) mass is 416 g/mol. The Kier molecular flexibility index (Phi) is 4.62. The molecule has 1 aliphatic carbocycles. The van der Waals surface area contributed by atoms with Gasteiger partial charge in [-0.25, -0.2) is 0 Å². The highest BCUT2D eigenvalue weighted by atomic mass is 16.5. The largest absolute Gasteiger partial charge is 0.497 e. The van der Waals surface area contributed by atoms with Gasteiger partial charge in [0.2, 0.25) is 0 Å². The van der Waals surface area contributed by atoms with Crippen LogP contribution in [0.4, 0.5) is 0 Å². The number of methoxy groups -OCH3 is 2. The summed E-state index contributed by atoms with van der Waals surface area (Å²) >= 11 is 0. The topological polar surface area (TPSA) is 65.0 Å². The molecule has 1 N–H and O–H groups in total. The molecule has 5 rings (SSSR count). The molecule has 0 radical (unpaired) electrons. The van der Waals surface area contributed by atoms with Gasteiger partial charge in [-0.1, -0.05) is 48.5 Å². The summed E-state index contributed by atoms with van der Waals surface area (Å²) in [6, 6.07) is 23.4. The number of hydrogen-bond acceptors (Lipinski definition) is 4. The van der Waals surface area contributed by atoms with E-state index in [1.807, 2.05) is 72.8 Å². The molecule has 5 heteroatoms. The zero-order valence-electron chi connectivity index (χ0n) is 17.4. The van der Waals surface area contributed by atoms with Gasteiger partial charge >= 0.3 is 5.97 Å². The standard InChI is InChI=1S/C26H24O5/c1-29-18-13-11-17(12-14-18)26-20(23-21(30-2)9-6-10-22(23)31-26)15-19(25(27)28)24(26)16-7-4-3-5-8-16/h3-14,19-20,24H,15H2,1-2H3,(H,27,28). The predicted octanol–water partition coefficient (Wildman–Crippen LogP) is 4.96. The van der Waals surface area contributed by atoms with Crippen LogP contribution in [0.3, 0.4) is 0 Å². The number of carboxylic acid groups (broad SMARTS) is 1. The molecule has 31 heavy (non-hydrogen) atoms. The Labute approximate surface area is 181 Å². The molecule has 0 saturated heterocycles. The van der Waals surface area contributed by atoms with E-state index in [1.165, 1.54) is 0 Å². The third-order valence-electron chi connectivity index (χ3n) is 6.76. The first kappa shape index (κ1) is 19.5. The second kappa shape index (κ2) is 7.34. The minimum atomic E-state index is -0.854. The summed E-state index contributed by atoms with van der Waals surface area (Å²) in [6.07, 6.45) is 0.467. The lowest BCUT2D eigenvalue weighted by molar-refractivity contribution is -0.142. The van der Waals surface area contributed by atoms with Crippen molar-refractivity contribution in [1.29, 1.82) is 0 Å². The van der Waals surface area contributed by atoms with Gasteiger partial charge in [-0.05, 0) is 41.8 Å². The quantitative estimate of drug-likeness (QED) is 0.637. The highest BCUT2D eigenvalue weighted by Gasteiger charge is 2.65. The molecule has 4 atom stereocenters. The molecule has 0 spiro atoms. The fraction of sp³-hybridized carbons (Fsp3) is 0.269. The van der Waals surface area contributed by atoms with E-state index in [0.29, 0.717) is 6.42 Å². The molecule has 2 aliphatic rings. The Hall–Kier alpha value is -3.47. The zero-order chi connectivity index (χ0) is 21.6. The van der Waals surface area contributed by atoms with Crippen molar-refractivity contribution < 1.29 is 24.1 Å². The second-order valence-corrected chi connectivity index (χ2v) is 8.12. The molecular weight excluding hydrogens is 392 g/mol.